The topological polar surface area (TPSA) is 77.0 Å². The molecule has 110 valence electrons. The first-order valence-corrected chi connectivity index (χ1v) is 7.71. The molecule has 0 spiro atoms. The molecule has 0 atom stereocenters. The molecular weight excluding hydrogens is 264 g/mol. The van der Waals surface area contributed by atoms with Crippen LogP contribution in [0.15, 0.2) is 22.7 Å². The van der Waals surface area contributed by atoms with Gasteiger partial charge in [0.1, 0.15) is 0 Å². The Balaban J connectivity index is 1.66. The van der Waals surface area contributed by atoms with E-state index in [1.807, 2.05) is 0 Å². The summed E-state index contributed by atoms with van der Waals surface area (Å²) in [4.78, 5) is 4.53. The van der Waals surface area contributed by atoms with E-state index < -0.39 is 0 Å². The number of rotatable bonds is 2. The van der Waals surface area contributed by atoms with Gasteiger partial charge in [0.25, 0.3) is 5.89 Å². The van der Waals surface area contributed by atoms with Gasteiger partial charge in [0, 0.05) is 5.56 Å². The third-order valence-corrected chi connectivity index (χ3v) is 4.71. The van der Waals surface area contributed by atoms with Gasteiger partial charge < -0.3 is 15.6 Å². The molecular formula is C16H20N4O. The maximum absolute atomic E-state index is 6.25. The van der Waals surface area contributed by atoms with Crippen molar-refractivity contribution >= 4 is 0 Å². The fourth-order valence-corrected chi connectivity index (χ4v) is 3.13. The summed E-state index contributed by atoms with van der Waals surface area (Å²) in [5.74, 6) is 1.24. The molecule has 0 unspecified atom stereocenters. The molecule has 1 aliphatic heterocycles. The van der Waals surface area contributed by atoms with Crippen LogP contribution in [0.5, 0.6) is 0 Å². The van der Waals surface area contributed by atoms with Crippen LogP contribution in [0.3, 0.4) is 0 Å². The van der Waals surface area contributed by atoms with Gasteiger partial charge in [-0.05, 0) is 68.5 Å². The van der Waals surface area contributed by atoms with Gasteiger partial charge in [0.15, 0.2) is 5.82 Å². The van der Waals surface area contributed by atoms with Gasteiger partial charge in [-0.3, -0.25) is 0 Å². The third-order valence-electron chi connectivity index (χ3n) is 4.71. The minimum Gasteiger partial charge on any atom is -0.334 e. The highest BCUT2D eigenvalue weighted by Gasteiger charge is 2.39. The molecule has 1 fully saturated rings. The molecule has 2 aliphatic rings. The van der Waals surface area contributed by atoms with Gasteiger partial charge in [-0.1, -0.05) is 11.2 Å². The van der Waals surface area contributed by atoms with Gasteiger partial charge in [-0.2, -0.15) is 4.98 Å². The van der Waals surface area contributed by atoms with Crippen molar-refractivity contribution in [3.05, 3.63) is 35.2 Å². The second kappa shape index (κ2) is 4.93. The highest BCUT2D eigenvalue weighted by molar-refractivity contribution is 5.56. The second-order valence-corrected chi connectivity index (χ2v) is 6.17. The standard InChI is InChI=1S/C16H20N4O/c17-16(6-1-7-16)15-19-14(21-20-15)13-3-2-11-4-8-18-9-5-12(11)10-13/h2-3,10,18H,1,4-9,17H2. The van der Waals surface area contributed by atoms with Crippen LogP contribution >= 0.6 is 0 Å². The third kappa shape index (κ3) is 2.26. The van der Waals surface area contributed by atoms with Crippen LogP contribution in [0.25, 0.3) is 11.5 Å². The van der Waals surface area contributed by atoms with Crippen molar-refractivity contribution in [1.29, 1.82) is 0 Å². The van der Waals surface area contributed by atoms with E-state index >= 15 is 0 Å². The van der Waals surface area contributed by atoms with Crippen molar-refractivity contribution in [2.45, 2.75) is 37.6 Å². The summed E-state index contributed by atoms with van der Waals surface area (Å²) in [5.41, 5.74) is 9.68. The molecule has 1 aliphatic carbocycles. The number of hydrogen-bond acceptors (Lipinski definition) is 5. The predicted octanol–water partition coefficient (Wildman–Crippen LogP) is 1.76. The van der Waals surface area contributed by atoms with Crippen molar-refractivity contribution in [1.82, 2.24) is 15.5 Å². The van der Waals surface area contributed by atoms with Crippen LogP contribution in [0, 0.1) is 0 Å². The van der Waals surface area contributed by atoms with E-state index in [2.05, 4.69) is 33.7 Å². The molecule has 0 bridgehead atoms. The Bertz CT molecular complexity index is 660. The zero-order chi connectivity index (χ0) is 14.3. The Morgan fingerprint density at radius 1 is 1.14 bits per heavy atom. The van der Waals surface area contributed by atoms with Crippen molar-refractivity contribution in [2.24, 2.45) is 5.73 Å². The number of aromatic nitrogens is 2. The molecule has 0 amide bonds. The molecule has 2 aromatic rings. The Morgan fingerprint density at radius 2 is 1.95 bits per heavy atom. The summed E-state index contributed by atoms with van der Waals surface area (Å²) in [7, 11) is 0. The van der Waals surface area contributed by atoms with Crippen LogP contribution in [0.2, 0.25) is 0 Å². The maximum atomic E-state index is 6.25. The molecule has 0 saturated heterocycles. The summed E-state index contributed by atoms with van der Waals surface area (Å²) in [6.45, 7) is 2.07. The molecule has 0 radical (unpaired) electrons. The lowest BCUT2D eigenvalue weighted by Crippen LogP contribution is -2.44. The molecule has 2 heterocycles. The van der Waals surface area contributed by atoms with E-state index in [1.54, 1.807) is 0 Å². The quantitative estimate of drug-likeness (QED) is 0.878. The van der Waals surface area contributed by atoms with Crippen LogP contribution in [0.4, 0.5) is 0 Å². The molecule has 1 aromatic heterocycles. The van der Waals surface area contributed by atoms with Gasteiger partial charge in [0.05, 0.1) is 5.54 Å². The van der Waals surface area contributed by atoms with Gasteiger partial charge in [-0.25, -0.2) is 0 Å². The molecule has 5 nitrogen and oxygen atoms in total. The van der Waals surface area contributed by atoms with E-state index in [-0.39, 0.29) is 5.54 Å². The summed E-state index contributed by atoms with van der Waals surface area (Å²) in [6.07, 6.45) is 5.16. The zero-order valence-corrected chi connectivity index (χ0v) is 12.1. The largest absolute Gasteiger partial charge is 0.334 e. The number of nitrogens with two attached hydrogens (primary N) is 1. The van der Waals surface area contributed by atoms with E-state index in [0.717, 1.165) is 50.8 Å². The maximum Gasteiger partial charge on any atom is 0.258 e. The van der Waals surface area contributed by atoms with E-state index in [4.69, 9.17) is 10.3 Å². The lowest BCUT2D eigenvalue weighted by Gasteiger charge is -2.34. The lowest BCUT2D eigenvalue weighted by atomic mass is 9.77. The van der Waals surface area contributed by atoms with Crippen molar-refractivity contribution in [2.75, 3.05) is 13.1 Å². The second-order valence-electron chi connectivity index (χ2n) is 6.17. The van der Waals surface area contributed by atoms with E-state index in [0.29, 0.717) is 11.7 Å². The Morgan fingerprint density at radius 3 is 2.71 bits per heavy atom. The first kappa shape index (κ1) is 13.0. The Kier molecular flexibility index (Phi) is 3.05. The molecule has 3 N–H and O–H groups in total. The summed E-state index contributed by atoms with van der Waals surface area (Å²) in [6, 6.07) is 6.44. The van der Waals surface area contributed by atoms with Crippen molar-refractivity contribution < 1.29 is 4.52 Å². The number of nitrogens with one attached hydrogen (secondary N) is 1. The minimum absolute atomic E-state index is 0.364. The normalized spacial score (nSPS) is 20.4. The highest BCUT2D eigenvalue weighted by atomic mass is 16.5. The minimum atomic E-state index is -0.364. The highest BCUT2D eigenvalue weighted by Crippen LogP contribution is 2.37. The predicted molar refractivity (Wildman–Crippen MR) is 79.7 cm³/mol. The molecule has 1 aromatic carbocycles. The molecule has 21 heavy (non-hydrogen) atoms. The SMILES string of the molecule is NC1(c2noc(-c3ccc4c(c3)CCNCC4)n2)CCC1. The summed E-state index contributed by atoms with van der Waals surface area (Å²) in [5, 5.41) is 7.52. The smallest absolute Gasteiger partial charge is 0.258 e. The molecule has 5 heteroatoms. The first-order chi connectivity index (χ1) is 10.2. The summed E-state index contributed by atoms with van der Waals surface area (Å²) < 4.78 is 5.44. The average Bonchev–Trinajstić information content (AvgIpc) is 2.84. The van der Waals surface area contributed by atoms with Crippen LogP contribution in [-0.4, -0.2) is 23.2 Å². The van der Waals surface area contributed by atoms with Crippen molar-refractivity contribution in [3.63, 3.8) is 0 Å². The average molecular weight is 284 g/mol. The zero-order valence-electron chi connectivity index (χ0n) is 12.1. The van der Waals surface area contributed by atoms with Gasteiger partial charge in [-0.15, -0.1) is 0 Å². The number of nitrogens with zero attached hydrogens (tertiary/aromatic N) is 2. The Labute approximate surface area is 123 Å². The van der Waals surface area contributed by atoms with Crippen molar-refractivity contribution in [3.8, 4) is 11.5 Å². The number of fused-ring (bicyclic) bond motifs is 1. The van der Waals surface area contributed by atoms with Gasteiger partial charge in [0.2, 0.25) is 0 Å². The fourth-order valence-electron chi connectivity index (χ4n) is 3.13. The van der Waals surface area contributed by atoms with E-state index in [1.165, 1.54) is 11.1 Å². The Hall–Kier alpha value is -1.72. The van der Waals surface area contributed by atoms with Crippen LogP contribution < -0.4 is 11.1 Å². The number of benzene rings is 1. The molecule has 4 rings (SSSR count). The monoisotopic (exact) mass is 284 g/mol. The molecule has 1 saturated carbocycles. The lowest BCUT2D eigenvalue weighted by molar-refractivity contribution is 0.229. The van der Waals surface area contributed by atoms with Crippen LogP contribution in [0.1, 0.15) is 36.2 Å². The van der Waals surface area contributed by atoms with Crippen LogP contribution in [-0.2, 0) is 18.4 Å². The number of hydrogen-bond donors (Lipinski definition) is 2. The van der Waals surface area contributed by atoms with E-state index in [9.17, 15) is 0 Å². The fraction of sp³-hybridized carbons (Fsp3) is 0.500. The first-order valence-electron chi connectivity index (χ1n) is 7.71. The summed E-state index contributed by atoms with van der Waals surface area (Å²) >= 11 is 0. The van der Waals surface area contributed by atoms with Gasteiger partial charge >= 0.3 is 0 Å².